The molecule has 0 aliphatic carbocycles. The Kier molecular flexibility index (Phi) is 5.34. The van der Waals surface area contributed by atoms with E-state index in [9.17, 15) is 14.0 Å². The van der Waals surface area contributed by atoms with Crippen LogP contribution in [0.4, 0.5) is 4.39 Å². The number of benzene rings is 1. The Hall–Kier alpha value is -2.77. The van der Waals surface area contributed by atoms with Crippen molar-refractivity contribution in [2.45, 2.75) is 19.4 Å². The van der Waals surface area contributed by atoms with Crippen molar-refractivity contribution in [1.29, 1.82) is 0 Å². The van der Waals surface area contributed by atoms with E-state index in [2.05, 4.69) is 10.3 Å². The number of fused-ring (bicyclic) bond motifs is 1. The van der Waals surface area contributed by atoms with Gasteiger partial charge < -0.3 is 10.1 Å². The van der Waals surface area contributed by atoms with Crippen LogP contribution in [-0.4, -0.2) is 29.3 Å². The molecule has 8 heteroatoms. The number of hydrogen-bond donors (Lipinski definition) is 1. The number of pyridine rings is 1. The molecule has 4 rings (SSSR count). The summed E-state index contributed by atoms with van der Waals surface area (Å²) in [4.78, 5) is 29.1. The third-order valence-corrected chi connectivity index (χ3v) is 5.99. The largest absolute Gasteiger partial charge is 0.487 e. The highest BCUT2D eigenvalue weighted by Crippen LogP contribution is 2.42. The normalized spacial score (nSPS) is 14.9. The van der Waals surface area contributed by atoms with Gasteiger partial charge in [-0.2, -0.15) is 0 Å². The number of aromatic nitrogens is 1. The molecule has 3 aromatic rings. The number of carbonyl (C=O) groups is 2. The van der Waals surface area contributed by atoms with Gasteiger partial charge >= 0.3 is 0 Å². The number of ether oxygens (including phenoxy) is 1. The van der Waals surface area contributed by atoms with E-state index in [1.807, 2.05) is 0 Å². The average Bonchev–Trinajstić information content (AvgIpc) is 3.32. The molecule has 0 fully saturated rings. The summed E-state index contributed by atoms with van der Waals surface area (Å²) in [6, 6.07) is 9.44. The molecular formula is C21H16ClFN2O3S. The van der Waals surface area contributed by atoms with Crippen molar-refractivity contribution < 1.29 is 18.7 Å². The van der Waals surface area contributed by atoms with Gasteiger partial charge in [0.1, 0.15) is 22.8 Å². The molecule has 0 spiro atoms. The number of nitrogens with one attached hydrogen (secondary N) is 1. The Morgan fingerprint density at radius 3 is 2.86 bits per heavy atom. The van der Waals surface area contributed by atoms with Crippen molar-refractivity contribution >= 4 is 34.6 Å². The SMILES string of the molecule is CC(=O)c1ccc(-c2cc(F)cc3c2O[C@@H](CNC(=O)c2ccnc(Cl)c2)C3)s1. The number of ketones is 1. The van der Waals surface area contributed by atoms with Crippen molar-refractivity contribution in [1.82, 2.24) is 10.3 Å². The van der Waals surface area contributed by atoms with Gasteiger partial charge in [0.2, 0.25) is 0 Å². The summed E-state index contributed by atoms with van der Waals surface area (Å²) in [5.74, 6) is -0.0950. The molecule has 5 nitrogen and oxygen atoms in total. The molecule has 0 unspecified atom stereocenters. The van der Waals surface area contributed by atoms with E-state index in [1.165, 1.54) is 42.7 Å². The van der Waals surface area contributed by atoms with Crippen molar-refractivity contribution in [2.24, 2.45) is 0 Å². The highest BCUT2D eigenvalue weighted by molar-refractivity contribution is 7.17. The number of halogens is 2. The van der Waals surface area contributed by atoms with Crippen molar-refractivity contribution in [2.75, 3.05) is 6.54 Å². The maximum absolute atomic E-state index is 14.2. The number of amides is 1. The van der Waals surface area contributed by atoms with E-state index >= 15 is 0 Å². The van der Waals surface area contributed by atoms with Crippen LogP contribution >= 0.6 is 22.9 Å². The molecule has 2 aromatic heterocycles. The molecule has 1 aliphatic heterocycles. The molecule has 0 saturated heterocycles. The minimum absolute atomic E-state index is 0.0352. The Morgan fingerprint density at radius 2 is 2.14 bits per heavy atom. The summed E-state index contributed by atoms with van der Waals surface area (Å²) < 4.78 is 20.2. The fourth-order valence-corrected chi connectivity index (χ4v) is 4.30. The number of nitrogens with zero attached hydrogens (tertiary/aromatic N) is 1. The van der Waals surface area contributed by atoms with Gasteiger partial charge in [0.15, 0.2) is 5.78 Å². The van der Waals surface area contributed by atoms with E-state index in [1.54, 1.807) is 18.2 Å². The molecule has 0 radical (unpaired) electrons. The molecule has 1 amide bonds. The van der Waals surface area contributed by atoms with E-state index in [4.69, 9.17) is 16.3 Å². The first-order valence-corrected chi connectivity index (χ1v) is 10.1. The molecule has 1 atom stereocenters. The first kappa shape index (κ1) is 19.5. The van der Waals surface area contributed by atoms with Crippen LogP contribution < -0.4 is 10.1 Å². The van der Waals surface area contributed by atoms with Gasteiger partial charge in [-0.1, -0.05) is 11.6 Å². The van der Waals surface area contributed by atoms with Crippen LogP contribution in [0.5, 0.6) is 5.75 Å². The third-order valence-electron chi connectivity index (χ3n) is 4.56. The van der Waals surface area contributed by atoms with Crippen LogP contribution in [-0.2, 0) is 6.42 Å². The number of hydrogen-bond acceptors (Lipinski definition) is 5. The second-order valence-corrected chi connectivity index (χ2v) is 8.15. The lowest BCUT2D eigenvalue weighted by atomic mass is 10.0. The van der Waals surface area contributed by atoms with Crippen LogP contribution in [0.15, 0.2) is 42.6 Å². The lowest BCUT2D eigenvalue weighted by molar-refractivity contribution is 0.0933. The van der Waals surface area contributed by atoms with Crippen LogP contribution in [0, 0.1) is 5.82 Å². The number of carbonyl (C=O) groups excluding carboxylic acids is 2. The van der Waals surface area contributed by atoms with Crippen LogP contribution in [0.25, 0.3) is 10.4 Å². The second-order valence-electron chi connectivity index (χ2n) is 6.68. The molecular weight excluding hydrogens is 415 g/mol. The van der Waals surface area contributed by atoms with E-state index in [0.29, 0.717) is 28.2 Å². The van der Waals surface area contributed by atoms with Gasteiger partial charge in [0, 0.05) is 34.2 Å². The minimum Gasteiger partial charge on any atom is -0.487 e. The third kappa shape index (κ3) is 4.16. The summed E-state index contributed by atoms with van der Waals surface area (Å²) in [6.07, 6.45) is 1.62. The van der Waals surface area contributed by atoms with E-state index < -0.39 is 0 Å². The molecule has 1 aromatic carbocycles. The van der Waals surface area contributed by atoms with Crippen molar-refractivity contribution in [3.8, 4) is 16.2 Å². The van der Waals surface area contributed by atoms with Gasteiger partial charge in [0.25, 0.3) is 5.91 Å². The second kappa shape index (κ2) is 7.93. The van der Waals surface area contributed by atoms with Crippen molar-refractivity contribution in [3.63, 3.8) is 0 Å². The maximum Gasteiger partial charge on any atom is 0.251 e. The summed E-state index contributed by atoms with van der Waals surface area (Å²) in [7, 11) is 0. The number of thiophene rings is 1. The van der Waals surface area contributed by atoms with Gasteiger partial charge in [-0.15, -0.1) is 11.3 Å². The first-order chi connectivity index (χ1) is 13.9. The monoisotopic (exact) mass is 430 g/mol. The quantitative estimate of drug-likeness (QED) is 0.476. The zero-order chi connectivity index (χ0) is 20.5. The number of Topliss-reactive ketones (excluding diaryl/α,β-unsaturated/α-hetero) is 1. The van der Waals surface area contributed by atoms with Gasteiger partial charge in [-0.25, -0.2) is 9.37 Å². The van der Waals surface area contributed by atoms with Crippen LogP contribution in [0.2, 0.25) is 5.15 Å². The summed E-state index contributed by atoms with van der Waals surface area (Å²) >= 11 is 7.12. The van der Waals surface area contributed by atoms with E-state index in [-0.39, 0.29) is 35.3 Å². The zero-order valence-electron chi connectivity index (χ0n) is 15.4. The molecule has 148 valence electrons. The Balaban J connectivity index is 1.50. The topological polar surface area (TPSA) is 68.3 Å². The lowest BCUT2D eigenvalue weighted by Gasteiger charge is -2.13. The standard InChI is InChI=1S/C21H16ClFN2O3S/c1-11(26)17-2-3-18(29-17)16-9-14(23)6-13-7-15(28-20(13)16)10-25-21(27)12-4-5-24-19(22)8-12/h2-6,8-9,15H,7,10H2,1H3,(H,25,27)/t15-/m1/s1. The van der Waals surface area contributed by atoms with Crippen LogP contribution in [0.3, 0.4) is 0 Å². The fraction of sp³-hybridized carbons (Fsp3) is 0.190. The highest BCUT2D eigenvalue weighted by Gasteiger charge is 2.28. The maximum atomic E-state index is 14.2. The minimum atomic E-state index is -0.365. The average molecular weight is 431 g/mol. The molecule has 29 heavy (non-hydrogen) atoms. The summed E-state index contributed by atoms with van der Waals surface area (Å²) in [5.41, 5.74) is 1.76. The summed E-state index contributed by atoms with van der Waals surface area (Å²) in [5, 5.41) is 3.05. The molecule has 1 aliphatic rings. The Labute approximate surface area is 175 Å². The molecule has 3 heterocycles. The molecule has 1 N–H and O–H groups in total. The smallest absolute Gasteiger partial charge is 0.251 e. The number of rotatable bonds is 5. The van der Waals surface area contributed by atoms with Gasteiger partial charge in [0.05, 0.1) is 11.4 Å². The van der Waals surface area contributed by atoms with Gasteiger partial charge in [-0.3, -0.25) is 9.59 Å². The van der Waals surface area contributed by atoms with Crippen LogP contribution in [0.1, 0.15) is 32.5 Å². The van der Waals surface area contributed by atoms with Crippen molar-refractivity contribution in [3.05, 3.63) is 69.6 Å². The first-order valence-electron chi connectivity index (χ1n) is 8.90. The van der Waals surface area contributed by atoms with Gasteiger partial charge in [-0.05, 0) is 43.3 Å². The molecule has 0 saturated carbocycles. The lowest BCUT2D eigenvalue weighted by Crippen LogP contribution is -2.34. The van der Waals surface area contributed by atoms with E-state index in [0.717, 1.165) is 10.4 Å². The Morgan fingerprint density at radius 1 is 1.31 bits per heavy atom. The molecule has 0 bridgehead atoms. The Bertz CT molecular complexity index is 1120. The fourth-order valence-electron chi connectivity index (χ4n) is 3.22. The zero-order valence-corrected chi connectivity index (χ0v) is 16.9. The predicted molar refractivity (Wildman–Crippen MR) is 109 cm³/mol. The highest BCUT2D eigenvalue weighted by atomic mass is 35.5. The summed E-state index contributed by atoms with van der Waals surface area (Å²) in [6.45, 7) is 1.76. The predicted octanol–water partition coefficient (Wildman–Crippen LogP) is 4.54.